The van der Waals surface area contributed by atoms with Crippen LogP contribution in [-0.2, 0) is 9.47 Å². The van der Waals surface area contributed by atoms with Crippen molar-refractivity contribution in [3.8, 4) is 0 Å². The lowest BCUT2D eigenvalue weighted by molar-refractivity contribution is 0.0237. The third-order valence-corrected chi connectivity index (χ3v) is 4.99. The summed E-state index contributed by atoms with van der Waals surface area (Å²) in [6.45, 7) is 7.18. The van der Waals surface area contributed by atoms with Crippen LogP contribution < -0.4 is 5.32 Å². The SMILES string of the molecule is COC(=O)c1ccc(NC2CC3(CCN(C(=O)OC(C)(C)C)C3)C2)nc1. The van der Waals surface area contributed by atoms with Gasteiger partial charge in [-0.15, -0.1) is 0 Å². The number of aromatic nitrogens is 1. The lowest BCUT2D eigenvalue weighted by atomic mass is 9.65. The topological polar surface area (TPSA) is 80.8 Å². The van der Waals surface area contributed by atoms with E-state index in [1.54, 1.807) is 12.1 Å². The van der Waals surface area contributed by atoms with E-state index in [2.05, 4.69) is 15.0 Å². The second-order valence-corrected chi connectivity index (χ2v) is 8.33. The van der Waals surface area contributed by atoms with E-state index in [1.807, 2.05) is 25.7 Å². The standard InChI is InChI=1S/C19H27N3O4/c1-18(2,3)26-17(24)22-8-7-19(12-22)9-14(10-19)21-15-6-5-13(11-20-15)16(23)25-4/h5-6,11,14H,7-10,12H2,1-4H3,(H,20,21). The van der Waals surface area contributed by atoms with Crippen molar-refractivity contribution in [3.63, 3.8) is 0 Å². The van der Waals surface area contributed by atoms with Gasteiger partial charge in [0, 0.05) is 25.3 Å². The van der Waals surface area contributed by atoms with Gasteiger partial charge in [-0.1, -0.05) is 0 Å². The summed E-state index contributed by atoms with van der Waals surface area (Å²) in [5.74, 6) is 0.360. The number of hydrogen-bond donors (Lipinski definition) is 1. The molecule has 3 rings (SSSR count). The van der Waals surface area contributed by atoms with Gasteiger partial charge in [-0.25, -0.2) is 14.6 Å². The maximum Gasteiger partial charge on any atom is 0.410 e. The van der Waals surface area contributed by atoms with Gasteiger partial charge in [0.25, 0.3) is 0 Å². The number of carbonyl (C=O) groups is 2. The third-order valence-electron chi connectivity index (χ3n) is 4.99. The fraction of sp³-hybridized carbons (Fsp3) is 0.632. The van der Waals surface area contributed by atoms with Crippen molar-refractivity contribution < 1.29 is 19.1 Å². The molecule has 1 N–H and O–H groups in total. The molecule has 2 aliphatic rings. The minimum Gasteiger partial charge on any atom is -0.465 e. The number of anilines is 1. The van der Waals surface area contributed by atoms with E-state index in [0.29, 0.717) is 11.6 Å². The molecule has 1 saturated carbocycles. The Hall–Kier alpha value is -2.31. The average molecular weight is 361 g/mol. The molecule has 142 valence electrons. The summed E-state index contributed by atoms with van der Waals surface area (Å²) in [5, 5.41) is 3.40. The van der Waals surface area contributed by atoms with E-state index >= 15 is 0 Å². The van der Waals surface area contributed by atoms with Crippen LogP contribution in [-0.4, -0.2) is 53.8 Å². The fourth-order valence-corrected chi connectivity index (χ4v) is 3.77. The van der Waals surface area contributed by atoms with Crippen LogP contribution in [0.2, 0.25) is 0 Å². The van der Waals surface area contributed by atoms with Crippen LogP contribution in [0.4, 0.5) is 10.6 Å². The predicted octanol–water partition coefficient (Wildman–Crippen LogP) is 3.07. The Morgan fingerprint density at radius 2 is 2.04 bits per heavy atom. The van der Waals surface area contributed by atoms with Crippen LogP contribution in [0.3, 0.4) is 0 Å². The molecule has 1 saturated heterocycles. The van der Waals surface area contributed by atoms with Gasteiger partial charge >= 0.3 is 12.1 Å². The van der Waals surface area contributed by atoms with Crippen molar-refractivity contribution in [2.45, 2.75) is 51.7 Å². The van der Waals surface area contributed by atoms with E-state index in [1.165, 1.54) is 13.3 Å². The maximum absolute atomic E-state index is 12.2. The molecule has 0 unspecified atom stereocenters. The minimum atomic E-state index is -0.460. The molecule has 0 atom stereocenters. The second kappa shape index (κ2) is 6.78. The zero-order valence-electron chi connectivity index (χ0n) is 15.9. The van der Waals surface area contributed by atoms with Gasteiger partial charge < -0.3 is 19.7 Å². The highest BCUT2D eigenvalue weighted by Gasteiger charge is 2.50. The highest BCUT2D eigenvalue weighted by Crippen LogP contribution is 2.49. The van der Waals surface area contributed by atoms with Crippen molar-refractivity contribution in [2.24, 2.45) is 5.41 Å². The van der Waals surface area contributed by atoms with Gasteiger partial charge in [0.1, 0.15) is 11.4 Å². The number of pyridine rings is 1. The summed E-state index contributed by atoms with van der Waals surface area (Å²) in [6.07, 6.45) is 4.33. The van der Waals surface area contributed by atoms with Crippen molar-refractivity contribution in [1.29, 1.82) is 0 Å². The molecular formula is C19H27N3O4. The molecule has 1 aliphatic carbocycles. The molecule has 1 amide bonds. The largest absolute Gasteiger partial charge is 0.465 e. The lowest BCUT2D eigenvalue weighted by Gasteiger charge is -2.45. The first-order chi connectivity index (χ1) is 12.2. The Labute approximate surface area is 154 Å². The number of rotatable bonds is 3. The van der Waals surface area contributed by atoms with Crippen LogP contribution in [0.15, 0.2) is 18.3 Å². The smallest absolute Gasteiger partial charge is 0.410 e. The number of carbonyl (C=O) groups excluding carboxylic acids is 2. The Kier molecular flexibility index (Phi) is 4.82. The van der Waals surface area contributed by atoms with E-state index in [4.69, 9.17) is 4.74 Å². The lowest BCUT2D eigenvalue weighted by Crippen LogP contribution is -2.47. The molecular weight excluding hydrogens is 334 g/mol. The van der Waals surface area contributed by atoms with Crippen molar-refractivity contribution >= 4 is 17.9 Å². The minimum absolute atomic E-state index is 0.195. The molecule has 26 heavy (non-hydrogen) atoms. The van der Waals surface area contributed by atoms with E-state index in [0.717, 1.165) is 38.2 Å². The van der Waals surface area contributed by atoms with Crippen molar-refractivity contribution in [2.75, 3.05) is 25.5 Å². The molecule has 0 bridgehead atoms. The molecule has 2 fully saturated rings. The number of methoxy groups -OCH3 is 1. The first kappa shape index (κ1) is 18.5. The Balaban J connectivity index is 1.48. The molecule has 7 nitrogen and oxygen atoms in total. The van der Waals surface area contributed by atoms with E-state index in [9.17, 15) is 9.59 Å². The Morgan fingerprint density at radius 1 is 1.31 bits per heavy atom. The van der Waals surface area contributed by atoms with Crippen molar-refractivity contribution in [3.05, 3.63) is 23.9 Å². The average Bonchev–Trinajstić information content (AvgIpc) is 2.98. The number of hydrogen-bond acceptors (Lipinski definition) is 6. The Morgan fingerprint density at radius 3 is 2.62 bits per heavy atom. The first-order valence-electron chi connectivity index (χ1n) is 8.99. The van der Waals surface area contributed by atoms with Gasteiger partial charge in [-0.3, -0.25) is 0 Å². The molecule has 0 radical (unpaired) electrons. The van der Waals surface area contributed by atoms with Crippen LogP contribution in [0.25, 0.3) is 0 Å². The molecule has 1 aromatic rings. The summed E-state index contributed by atoms with van der Waals surface area (Å²) in [6, 6.07) is 3.83. The predicted molar refractivity (Wildman–Crippen MR) is 97.1 cm³/mol. The van der Waals surface area contributed by atoms with Crippen LogP contribution >= 0.6 is 0 Å². The molecule has 1 aromatic heterocycles. The normalized spacial score (nSPS) is 24.9. The second-order valence-electron chi connectivity index (χ2n) is 8.33. The molecule has 1 spiro atoms. The summed E-state index contributed by atoms with van der Waals surface area (Å²) < 4.78 is 10.1. The third kappa shape index (κ3) is 4.08. The quantitative estimate of drug-likeness (QED) is 0.834. The summed E-state index contributed by atoms with van der Waals surface area (Å²) in [4.78, 5) is 29.7. The highest BCUT2D eigenvalue weighted by atomic mass is 16.6. The van der Waals surface area contributed by atoms with Crippen LogP contribution in [0.1, 0.15) is 50.4 Å². The zero-order chi connectivity index (χ0) is 18.9. The zero-order valence-corrected chi connectivity index (χ0v) is 15.9. The molecule has 1 aliphatic heterocycles. The highest BCUT2D eigenvalue weighted by molar-refractivity contribution is 5.89. The van der Waals surface area contributed by atoms with Gasteiger partial charge in [0.2, 0.25) is 0 Å². The summed E-state index contributed by atoms with van der Waals surface area (Å²) in [5.41, 5.74) is 0.172. The number of likely N-dealkylation sites (tertiary alicyclic amines) is 1. The number of ether oxygens (including phenoxy) is 2. The number of nitrogens with one attached hydrogen (secondary N) is 1. The number of esters is 1. The van der Waals surface area contributed by atoms with E-state index < -0.39 is 5.60 Å². The molecule has 2 heterocycles. The Bertz CT molecular complexity index is 675. The van der Waals surface area contributed by atoms with Crippen LogP contribution in [0.5, 0.6) is 0 Å². The number of amides is 1. The molecule has 7 heteroatoms. The van der Waals surface area contributed by atoms with Gasteiger partial charge in [0.15, 0.2) is 0 Å². The summed E-state index contributed by atoms with van der Waals surface area (Å²) >= 11 is 0. The maximum atomic E-state index is 12.2. The van der Waals surface area contributed by atoms with E-state index in [-0.39, 0.29) is 17.5 Å². The number of nitrogens with zero attached hydrogens (tertiary/aromatic N) is 2. The van der Waals surface area contributed by atoms with Gasteiger partial charge in [-0.05, 0) is 57.6 Å². The summed E-state index contributed by atoms with van der Waals surface area (Å²) in [7, 11) is 1.35. The van der Waals surface area contributed by atoms with Crippen molar-refractivity contribution in [1.82, 2.24) is 9.88 Å². The first-order valence-corrected chi connectivity index (χ1v) is 8.99. The van der Waals surface area contributed by atoms with Gasteiger partial charge in [0.05, 0.1) is 12.7 Å². The van der Waals surface area contributed by atoms with Gasteiger partial charge in [-0.2, -0.15) is 0 Å². The molecule has 0 aromatic carbocycles. The van der Waals surface area contributed by atoms with Crippen LogP contribution in [0, 0.1) is 5.41 Å². The fourth-order valence-electron chi connectivity index (χ4n) is 3.77. The monoisotopic (exact) mass is 361 g/mol.